The van der Waals surface area contributed by atoms with Gasteiger partial charge in [-0.2, -0.15) is 0 Å². The second kappa shape index (κ2) is 5.33. The molecule has 8 heteroatoms. The number of rotatable bonds is 3. The van der Waals surface area contributed by atoms with Crippen LogP contribution in [0.2, 0.25) is 0 Å². The normalized spacial score (nSPS) is 33.5. The maximum atomic E-state index is 12.5. The Morgan fingerprint density at radius 1 is 1.55 bits per heavy atom. The van der Waals surface area contributed by atoms with Gasteiger partial charge >= 0.3 is 0 Å². The van der Waals surface area contributed by atoms with Gasteiger partial charge in [0.2, 0.25) is 10.0 Å². The van der Waals surface area contributed by atoms with Gasteiger partial charge in [-0.3, -0.25) is 0 Å². The maximum Gasteiger partial charge on any atom is 0.242 e. The molecule has 5 nitrogen and oxygen atoms in total. The number of nitrogens with one attached hydrogen (secondary N) is 1. The highest BCUT2D eigenvalue weighted by atomic mass is 79.9. The van der Waals surface area contributed by atoms with Crippen LogP contribution in [0.4, 0.5) is 0 Å². The second-order valence-corrected chi connectivity index (χ2v) is 9.65. The first-order valence-electron chi connectivity index (χ1n) is 6.55. The van der Waals surface area contributed by atoms with Gasteiger partial charge in [0.1, 0.15) is 0 Å². The third-order valence-corrected chi connectivity index (χ3v) is 7.37. The molecule has 0 amide bonds. The first kappa shape index (κ1) is 14.9. The third-order valence-electron chi connectivity index (χ3n) is 4.10. The summed E-state index contributed by atoms with van der Waals surface area (Å²) in [7, 11) is -3.54. The topological polar surface area (TPSA) is 81.4 Å². The van der Waals surface area contributed by atoms with Crippen LogP contribution >= 0.6 is 27.3 Å². The van der Waals surface area contributed by atoms with Crippen molar-refractivity contribution in [3.05, 3.63) is 14.7 Å². The van der Waals surface area contributed by atoms with Gasteiger partial charge in [-0.15, -0.1) is 11.3 Å². The van der Waals surface area contributed by atoms with E-state index < -0.39 is 10.0 Å². The molecule has 3 N–H and O–H groups in total. The van der Waals surface area contributed by atoms with E-state index in [0.29, 0.717) is 11.5 Å². The highest BCUT2D eigenvalue weighted by Crippen LogP contribution is 2.38. The standard InChI is InChI=1S/C12H17BrN2O3S2/c1-6-8(5-9(13)19-6)20(16,17)15-11-10(14)7-3-2-4-18-12(7)11/h5,7,10-12,15H,2-4,14H2,1H3. The van der Waals surface area contributed by atoms with Crippen molar-refractivity contribution in [2.24, 2.45) is 11.7 Å². The number of nitrogens with two attached hydrogens (primary N) is 1. The Bertz CT molecular complexity index is 616. The third kappa shape index (κ3) is 2.46. The van der Waals surface area contributed by atoms with E-state index in [1.807, 2.05) is 0 Å². The minimum Gasteiger partial charge on any atom is -0.376 e. The van der Waals surface area contributed by atoms with Gasteiger partial charge in [-0.1, -0.05) is 0 Å². The van der Waals surface area contributed by atoms with Crippen molar-refractivity contribution in [1.82, 2.24) is 4.72 Å². The average Bonchev–Trinajstić information content (AvgIpc) is 2.76. The lowest BCUT2D eigenvalue weighted by atomic mass is 9.69. The Morgan fingerprint density at radius 3 is 2.95 bits per heavy atom. The number of halogens is 1. The highest BCUT2D eigenvalue weighted by molar-refractivity contribution is 9.11. The Labute approximate surface area is 131 Å². The van der Waals surface area contributed by atoms with Crippen LogP contribution in [0.15, 0.2) is 14.7 Å². The lowest BCUT2D eigenvalue weighted by molar-refractivity contribution is -0.114. The Kier molecular flexibility index (Phi) is 3.98. The molecule has 3 rings (SSSR count). The summed E-state index contributed by atoms with van der Waals surface area (Å²) < 4.78 is 34.1. The van der Waals surface area contributed by atoms with E-state index in [4.69, 9.17) is 10.5 Å². The van der Waals surface area contributed by atoms with Crippen molar-refractivity contribution in [1.29, 1.82) is 0 Å². The molecule has 1 aromatic heterocycles. The van der Waals surface area contributed by atoms with Crippen molar-refractivity contribution >= 4 is 37.3 Å². The van der Waals surface area contributed by atoms with E-state index in [1.54, 1.807) is 13.0 Å². The zero-order chi connectivity index (χ0) is 14.5. The molecule has 20 heavy (non-hydrogen) atoms. The van der Waals surface area contributed by atoms with Crippen LogP contribution in [0.3, 0.4) is 0 Å². The summed E-state index contributed by atoms with van der Waals surface area (Å²) in [5, 5.41) is 0. The van der Waals surface area contributed by atoms with Gasteiger partial charge in [-0.25, -0.2) is 13.1 Å². The van der Waals surface area contributed by atoms with E-state index in [9.17, 15) is 8.42 Å². The number of aryl methyl sites for hydroxylation is 1. The van der Waals surface area contributed by atoms with E-state index >= 15 is 0 Å². The minimum absolute atomic E-state index is 0.0732. The molecule has 0 aromatic carbocycles. The van der Waals surface area contributed by atoms with Crippen molar-refractivity contribution in [3.8, 4) is 0 Å². The summed E-state index contributed by atoms with van der Waals surface area (Å²) in [5.74, 6) is 0.284. The van der Waals surface area contributed by atoms with Gasteiger partial charge < -0.3 is 10.5 Å². The van der Waals surface area contributed by atoms with Gasteiger partial charge in [0.15, 0.2) is 0 Å². The molecule has 1 aliphatic carbocycles. The first-order chi connectivity index (χ1) is 9.40. The molecule has 1 saturated carbocycles. The van der Waals surface area contributed by atoms with Gasteiger partial charge in [0, 0.05) is 23.4 Å². The minimum atomic E-state index is -3.54. The quantitative estimate of drug-likeness (QED) is 0.834. The van der Waals surface area contributed by atoms with Crippen LogP contribution in [-0.4, -0.2) is 33.2 Å². The zero-order valence-corrected chi connectivity index (χ0v) is 14.2. The Morgan fingerprint density at radius 2 is 2.30 bits per heavy atom. The van der Waals surface area contributed by atoms with Crippen LogP contribution in [0, 0.1) is 12.8 Å². The predicted octanol–water partition coefficient (Wildman–Crippen LogP) is 1.60. The molecule has 1 aliphatic heterocycles. The van der Waals surface area contributed by atoms with Crippen LogP contribution in [0.25, 0.3) is 0 Å². The van der Waals surface area contributed by atoms with Gasteiger partial charge in [0.25, 0.3) is 0 Å². The molecule has 112 valence electrons. The van der Waals surface area contributed by atoms with Crippen LogP contribution in [0.5, 0.6) is 0 Å². The largest absolute Gasteiger partial charge is 0.376 e. The summed E-state index contributed by atoms with van der Waals surface area (Å²) >= 11 is 4.72. The lowest BCUT2D eigenvalue weighted by Crippen LogP contribution is -2.71. The maximum absolute atomic E-state index is 12.5. The molecule has 4 atom stereocenters. The van der Waals surface area contributed by atoms with Crippen LogP contribution in [-0.2, 0) is 14.8 Å². The number of fused-ring (bicyclic) bond motifs is 1. The first-order valence-corrected chi connectivity index (χ1v) is 9.65. The molecular formula is C12H17BrN2O3S2. The summed E-state index contributed by atoms with van der Waals surface area (Å²) in [5.41, 5.74) is 6.09. The number of hydrogen-bond donors (Lipinski definition) is 2. The summed E-state index contributed by atoms with van der Waals surface area (Å²) in [6.07, 6.45) is 1.95. The Balaban J connectivity index is 1.79. The number of ether oxygens (including phenoxy) is 1. The summed E-state index contributed by atoms with van der Waals surface area (Å²) in [6, 6.07) is 1.16. The van der Waals surface area contributed by atoms with Crippen molar-refractivity contribution < 1.29 is 13.2 Å². The number of hydrogen-bond acceptors (Lipinski definition) is 5. The average molecular weight is 381 g/mol. The van der Waals surface area contributed by atoms with E-state index in [2.05, 4.69) is 20.7 Å². The zero-order valence-electron chi connectivity index (χ0n) is 11.0. The molecule has 0 radical (unpaired) electrons. The predicted molar refractivity (Wildman–Crippen MR) is 81.3 cm³/mol. The molecule has 2 heterocycles. The van der Waals surface area contributed by atoms with Crippen LogP contribution < -0.4 is 10.5 Å². The lowest BCUT2D eigenvalue weighted by Gasteiger charge is -2.52. The van der Waals surface area contributed by atoms with Gasteiger partial charge in [0.05, 0.1) is 20.8 Å². The highest BCUT2D eigenvalue weighted by Gasteiger charge is 2.52. The molecule has 4 unspecified atom stereocenters. The van der Waals surface area contributed by atoms with Crippen molar-refractivity contribution in [3.63, 3.8) is 0 Å². The van der Waals surface area contributed by atoms with E-state index in [1.165, 1.54) is 11.3 Å². The fourth-order valence-corrected chi connectivity index (χ4v) is 6.73. The molecule has 2 fully saturated rings. The fourth-order valence-electron chi connectivity index (χ4n) is 3.03. The Hall–Kier alpha value is 0.01000. The number of thiophene rings is 1. The molecule has 1 saturated heterocycles. The molecule has 0 bridgehead atoms. The molecule has 1 aromatic rings. The van der Waals surface area contributed by atoms with Crippen LogP contribution in [0.1, 0.15) is 17.7 Å². The number of sulfonamides is 1. The van der Waals surface area contributed by atoms with Crippen molar-refractivity contribution in [2.45, 2.75) is 42.8 Å². The van der Waals surface area contributed by atoms with Gasteiger partial charge in [-0.05, 0) is 41.8 Å². The molecule has 2 aliphatic rings. The fraction of sp³-hybridized carbons (Fsp3) is 0.667. The summed E-state index contributed by atoms with van der Waals surface area (Å²) in [4.78, 5) is 1.08. The van der Waals surface area contributed by atoms with E-state index in [0.717, 1.165) is 21.5 Å². The summed E-state index contributed by atoms with van der Waals surface area (Å²) in [6.45, 7) is 2.49. The van der Waals surface area contributed by atoms with E-state index in [-0.39, 0.29) is 24.1 Å². The molecular weight excluding hydrogens is 364 g/mol. The smallest absolute Gasteiger partial charge is 0.242 e. The molecule has 0 spiro atoms. The second-order valence-electron chi connectivity index (χ2n) is 5.34. The monoisotopic (exact) mass is 380 g/mol. The van der Waals surface area contributed by atoms with Crippen molar-refractivity contribution in [2.75, 3.05) is 6.61 Å². The SMILES string of the molecule is Cc1sc(Br)cc1S(=O)(=O)NC1C(N)C2CCCOC21.